The van der Waals surface area contributed by atoms with Crippen molar-refractivity contribution in [1.82, 2.24) is 14.4 Å². The van der Waals surface area contributed by atoms with Crippen LogP contribution in [0.4, 0.5) is 4.39 Å². The van der Waals surface area contributed by atoms with E-state index in [-0.39, 0.29) is 28.9 Å². The Hall–Kier alpha value is -4.30. The molecule has 2 unspecified atom stereocenters. The largest absolute Gasteiger partial charge is 0.478 e. The lowest BCUT2D eigenvalue weighted by Gasteiger charge is -2.40. The zero-order valence-corrected chi connectivity index (χ0v) is 26.3. The first kappa shape index (κ1) is 30.4. The Kier molecular flexibility index (Phi) is 8.24. The number of fused-ring (bicyclic) bond motifs is 2. The summed E-state index contributed by atoms with van der Waals surface area (Å²) < 4.78 is 15.3. The third-order valence-corrected chi connectivity index (χ3v) is 10.3. The van der Waals surface area contributed by atoms with Gasteiger partial charge in [0.1, 0.15) is 5.82 Å². The maximum absolute atomic E-state index is 13.8. The van der Waals surface area contributed by atoms with E-state index in [0.717, 1.165) is 48.5 Å². The second-order valence-corrected chi connectivity index (χ2v) is 12.8. The molecule has 0 spiro atoms. The second kappa shape index (κ2) is 12.5. The van der Waals surface area contributed by atoms with Crippen molar-refractivity contribution in [1.29, 1.82) is 0 Å². The fourth-order valence-electron chi connectivity index (χ4n) is 7.65. The van der Waals surface area contributed by atoms with Crippen LogP contribution in [0.2, 0.25) is 5.02 Å². The number of pyridine rings is 1. The van der Waals surface area contributed by atoms with E-state index in [4.69, 9.17) is 11.6 Å². The molecule has 234 valence electrons. The zero-order valence-electron chi connectivity index (χ0n) is 25.6. The minimum absolute atomic E-state index is 0.0916. The van der Waals surface area contributed by atoms with Gasteiger partial charge in [-0.3, -0.25) is 19.2 Å². The van der Waals surface area contributed by atoms with Gasteiger partial charge in [0.2, 0.25) is 0 Å². The van der Waals surface area contributed by atoms with Crippen molar-refractivity contribution in [3.63, 3.8) is 0 Å². The number of aromatic nitrogens is 1. The van der Waals surface area contributed by atoms with Crippen molar-refractivity contribution in [3.05, 3.63) is 146 Å². The first-order valence-corrected chi connectivity index (χ1v) is 16.1. The SMILES string of the molecule is CN(C1CCN(Cc2c(C(=O)O)c3ccccc3c(=O)n2-c2ccccc2)CC1)C1CC(c2ccc(F)cc2)c2c(Cl)cccc21. The normalized spacial score (nSPS) is 18.7. The lowest BCUT2D eigenvalue weighted by molar-refractivity contribution is 0.0691. The first-order chi connectivity index (χ1) is 22.3. The molecule has 1 saturated heterocycles. The van der Waals surface area contributed by atoms with Gasteiger partial charge in [0.15, 0.2) is 0 Å². The van der Waals surface area contributed by atoms with E-state index in [1.165, 1.54) is 17.7 Å². The molecule has 4 aromatic carbocycles. The number of para-hydroxylation sites is 1. The van der Waals surface area contributed by atoms with Crippen LogP contribution in [-0.2, 0) is 6.54 Å². The lowest BCUT2D eigenvalue weighted by atomic mass is 9.93. The molecule has 2 heterocycles. The van der Waals surface area contributed by atoms with Crippen LogP contribution in [0.1, 0.15) is 64.0 Å². The van der Waals surface area contributed by atoms with Gasteiger partial charge in [-0.2, -0.15) is 0 Å². The Balaban J connectivity index is 1.15. The number of aromatic carboxylic acids is 1. The van der Waals surface area contributed by atoms with Crippen molar-refractivity contribution >= 4 is 28.3 Å². The quantitative estimate of drug-likeness (QED) is 0.199. The molecule has 46 heavy (non-hydrogen) atoms. The molecule has 6 nitrogen and oxygen atoms in total. The third-order valence-electron chi connectivity index (χ3n) is 9.94. The number of nitrogens with zero attached hydrogens (tertiary/aromatic N) is 3. The van der Waals surface area contributed by atoms with Crippen molar-refractivity contribution < 1.29 is 14.3 Å². The van der Waals surface area contributed by atoms with Crippen LogP contribution < -0.4 is 5.56 Å². The van der Waals surface area contributed by atoms with Gasteiger partial charge < -0.3 is 5.11 Å². The fraction of sp³-hybridized carbons (Fsp3) is 0.263. The molecule has 0 bridgehead atoms. The minimum atomic E-state index is -1.04. The predicted molar refractivity (Wildman–Crippen MR) is 180 cm³/mol. The molecule has 2 aliphatic rings. The number of hydrogen-bond donors (Lipinski definition) is 1. The standard InChI is InChI=1S/C38H35ClFN3O3/c1-41(33-22-31(24-14-16-25(40)17-15-24)35-30(33)12-7-13-32(35)39)26-18-20-42(21-19-26)23-34-36(38(45)46)28-10-5-6-11-29(28)37(44)43(34)27-8-3-2-4-9-27/h2-17,26,31,33H,18-23H2,1H3,(H,45,46). The van der Waals surface area contributed by atoms with Crippen LogP contribution in [0.15, 0.2) is 102 Å². The molecule has 1 aliphatic heterocycles. The highest BCUT2D eigenvalue weighted by Gasteiger charge is 2.38. The predicted octanol–water partition coefficient (Wildman–Crippen LogP) is 7.65. The number of piperidine rings is 1. The Morgan fingerprint density at radius 3 is 2.28 bits per heavy atom. The van der Waals surface area contributed by atoms with Gasteiger partial charge in [0, 0.05) is 59.1 Å². The summed E-state index contributed by atoms with van der Waals surface area (Å²) in [5.41, 5.74) is 4.52. The number of hydrogen-bond acceptors (Lipinski definition) is 4. The molecule has 1 aromatic heterocycles. The van der Waals surface area contributed by atoms with E-state index in [9.17, 15) is 19.1 Å². The fourth-order valence-corrected chi connectivity index (χ4v) is 7.96. The molecule has 0 saturated carbocycles. The molecule has 5 aromatic rings. The van der Waals surface area contributed by atoms with Gasteiger partial charge >= 0.3 is 5.97 Å². The summed E-state index contributed by atoms with van der Waals surface area (Å²) in [4.78, 5) is 31.3. The lowest BCUT2D eigenvalue weighted by Crippen LogP contribution is -2.44. The van der Waals surface area contributed by atoms with Crippen LogP contribution in [0.3, 0.4) is 0 Å². The number of carboxylic acid groups (broad SMARTS) is 1. The molecule has 7 rings (SSSR count). The summed E-state index contributed by atoms with van der Waals surface area (Å²) in [6.45, 7) is 1.88. The van der Waals surface area contributed by atoms with Crippen molar-refractivity contribution in [2.45, 2.75) is 43.8 Å². The second-order valence-electron chi connectivity index (χ2n) is 12.4. The topological polar surface area (TPSA) is 65.8 Å². The van der Waals surface area contributed by atoms with Crippen LogP contribution in [-0.4, -0.2) is 51.6 Å². The average molecular weight is 636 g/mol. The maximum atomic E-state index is 13.8. The van der Waals surface area contributed by atoms with Crippen molar-refractivity contribution in [2.75, 3.05) is 20.1 Å². The van der Waals surface area contributed by atoms with Crippen LogP contribution in [0, 0.1) is 5.82 Å². The van der Waals surface area contributed by atoms with E-state index in [1.54, 1.807) is 28.8 Å². The van der Waals surface area contributed by atoms with Gasteiger partial charge in [-0.1, -0.05) is 72.3 Å². The van der Waals surface area contributed by atoms with Gasteiger partial charge in [-0.05, 0) is 79.4 Å². The highest BCUT2D eigenvalue weighted by Crippen LogP contribution is 2.50. The number of rotatable bonds is 7. The molecule has 8 heteroatoms. The van der Waals surface area contributed by atoms with E-state index < -0.39 is 5.97 Å². The maximum Gasteiger partial charge on any atom is 0.338 e. The Morgan fingerprint density at radius 1 is 0.913 bits per heavy atom. The summed E-state index contributed by atoms with van der Waals surface area (Å²) in [6.07, 6.45) is 2.66. The highest BCUT2D eigenvalue weighted by molar-refractivity contribution is 6.31. The van der Waals surface area contributed by atoms with Crippen LogP contribution >= 0.6 is 11.6 Å². The summed E-state index contributed by atoms with van der Waals surface area (Å²) in [5.74, 6) is -1.20. The number of likely N-dealkylation sites (tertiary alicyclic amines) is 1. The summed E-state index contributed by atoms with van der Waals surface area (Å²) in [5, 5.41) is 12.0. The molecule has 2 atom stereocenters. The van der Waals surface area contributed by atoms with Crippen LogP contribution in [0.25, 0.3) is 16.5 Å². The highest BCUT2D eigenvalue weighted by atomic mass is 35.5. The molecular weight excluding hydrogens is 601 g/mol. The minimum Gasteiger partial charge on any atom is -0.478 e. The smallest absolute Gasteiger partial charge is 0.338 e. The van der Waals surface area contributed by atoms with Gasteiger partial charge in [-0.25, -0.2) is 9.18 Å². The molecule has 1 fully saturated rings. The van der Waals surface area contributed by atoms with E-state index in [1.807, 2.05) is 54.6 Å². The van der Waals surface area contributed by atoms with Gasteiger partial charge in [-0.15, -0.1) is 0 Å². The average Bonchev–Trinajstić information content (AvgIpc) is 3.46. The van der Waals surface area contributed by atoms with E-state index in [0.29, 0.717) is 34.7 Å². The number of carboxylic acids is 1. The van der Waals surface area contributed by atoms with Gasteiger partial charge in [0.05, 0.1) is 11.3 Å². The third kappa shape index (κ3) is 5.42. The molecule has 1 aliphatic carbocycles. The number of benzene rings is 4. The van der Waals surface area contributed by atoms with Crippen molar-refractivity contribution in [2.24, 2.45) is 0 Å². The monoisotopic (exact) mass is 635 g/mol. The molecule has 0 amide bonds. The van der Waals surface area contributed by atoms with E-state index in [2.05, 4.69) is 22.9 Å². The molecule has 1 N–H and O–H groups in total. The van der Waals surface area contributed by atoms with E-state index >= 15 is 0 Å². The Labute approximate surface area is 272 Å². The number of halogens is 2. The summed E-state index contributed by atoms with van der Waals surface area (Å²) in [6, 6.07) is 29.6. The summed E-state index contributed by atoms with van der Waals surface area (Å²) >= 11 is 6.77. The Bertz CT molecular complexity index is 1970. The molecule has 0 radical (unpaired) electrons. The zero-order chi connectivity index (χ0) is 31.9. The Morgan fingerprint density at radius 2 is 1.59 bits per heavy atom. The van der Waals surface area contributed by atoms with Gasteiger partial charge in [0.25, 0.3) is 5.56 Å². The summed E-state index contributed by atoms with van der Waals surface area (Å²) in [7, 11) is 2.18. The van der Waals surface area contributed by atoms with Crippen molar-refractivity contribution in [3.8, 4) is 5.69 Å². The first-order valence-electron chi connectivity index (χ1n) is 15.7. The number of carbonyl (C=O) groups is 1. The molecular formula is C38H35ClFN3O3. The van der Waals surface area contributed by atoms with Crippen LogP contribution in [0.5, 0.6) is 0 Å².